The standard InChI is InChI=1S/C24H24N2O4.C4H10/c1-13-6-8-17(9-7-13)26-23(29)20-16-10-14(18(11-16)21(20)24(26)30)4-3-5-15-12-19(27)25(2)22(15)28;1-3-4-2/h3-4,6-10,15-16,18,20-21H,5,11-12H2,1-2H3;3-4H2,1-2H3/b4-3+;. The highest BCUT2D eigenvalue weighted by atomic mass is 16.2. The van der Waals surface area contributed by atoms with E-state index in [9.17, 15) is 19.2 Å². The number of anilines is 1. The van der Waals surface area contributed by atoms with Crippen molar-refractivity contribution in [1.29, 1.82) is 0 Å². The lowest BCUT2D eigenvalue weighted by Crippen LogP contribution is -2.32. The largest absolute Gasteiger partial charge is 0.285 e. The van der Waals surface area contributed by atoms with Gasteiger partial charge < -0.3 is 0 Å². The van der Waals surface area contributed by atoms with E-state index in [1.165, 1.54) is 29.7 Å². The van der Waals surface area contributed by atoms with Gasteiger partial charge in [0.05, 0.1) is 23.4 Å². The normalized spacial score (nSPS) is 29.8. The predicted molar refractivity (Wildman–Crippen MR) is 131 cm³/mol. The Kier molecular flexibility index (Phi) is 6.87. The van der Waals surface area contributed by atoms with E-state index in [0.29, 0.717) is 12.1 Å². The number of hydrogen-bond donors (Lipinski definition) is 0. The molecule has 4 amide bonds. The summed E-state index contributed by atoms with van der Waals surface area (Å²) in [7, 11) is 1.52. The Bertz CT molecular complexity index is 1050. The Morgan fingerprint density at radius 1 is 0.941 bits per heavy atom. The number of allylic oxidation sites excluding steroid dienone is 4. The fraction of sp³-hybridized carbons (Fsp3) is 0.500. The van der Waals surface area contributed by atoms with Gasteiger partial charge in [-0.05, 0) is 49.3 Å². The molecule has 0 spiro atoms. The van der Waals surface area contributed by atoms with Gasteiger partial charge in [-0.15, -0.1) is 0 Å². The second-order valence-electron chi connectivity index (χ2n) is 9.90. The summed E-state index contributed by atoms with van der Waals surface area (Å²) in [6.07, 6.45) is 10.3. The summed E-state index contributed by atoms with van der Waals surface area (Å²) in [4.78, 5) is 52.5. The van der Waals surface area contributed by atoms with Crippen molar-refractivity contribution in [3.05, 3.63) is 53.6 Å². The number of imide groups is 2. The molecule has 6 heteroatoms. The van der Waals surface area contributed by atoms with E-state index in [1.54, 1.807) is 0 Å². The summed E-state index contributed by atoms with van der Waals surface area (Å²) in [5, 5.41) is 0. The van der Waals surface area contributed by atoms with Crippen molar-refractivity contribution < 1.29 is 19.2 Å². The van der Waals surface area contributed by atoms with Crippen molar-refractivity contribution in [3.8, 4) is 0 Å². The first-order valence-electron chi connectivity index (χ1n) is 12.4. The van der Waals surface area contributed by atoms with Crippen molar-refractivity contribution in [1.82, 2.24) is 4.90 Å². The van der Waals surface area contributed by atoms with Gasteiger partial charge in [0.15, 0.2) is 0 Å². The molecule has 180 valence electrons. The summed E-state index contributed by atoms with van der Waals surface area (Å²) >= 11 is 0. The zero-order valence-electron chi connectivity index (χ0n) is 20.5. The molecule has 0 aromatic heterocycles. The fourth-order valence-corrected chi connectivity index (χ4v) is 5.57. The molecule has 6 nitrogen and oxygen atoms in total. The van der Waals surface area contributed by atoms with Crippen molar-refractivity contribution in [2.45, 2.75) is 52.9 Å². The highest BCUT2D eigenvalue weighted by molar-refractivity contribution is 6.22. The first-order chi connectivity index (χ1) is 16.3. The monoisotopic (exact) mass is 462 g/mol. The molecular weight excluding hydrogens is 428 g/mol. The van der Waals surface area contributed by atoms with Gasteiger partial charge in [0.25, 0.3) is 0 Å². The van der Waals surface area contributed by atoms with Gasteiger partial charge in [0.2, 0.25) is 23.6 Å². The molecule has 1 aromatic carbocycles. The lowest BCUT2D eigenvalue weighted by molar-refractivity contribution is -0.137. The Labute approximate surface area is 201 Å². The van der Waals surface area contributed by atoms with Crippen molar-refractivity contribution in [3.63, 3.8) is 0 Å². The smallest absolute Gasteiger partial charge is 0.238 e. The van der Waals surface area contributed by atoms with Crippen LogP contribution in [0.5, 0.6) is 0 Å². The molecule has 3 fully saturated rings. The Morgan fingerprint density at radius 2 is 1.59 bits per heavy atom. The molecule has 4 aliphatic rings. The van der Waals surface area contributed by atoms with Crippen LogP contribution < -0.4 is 4.90 Å². The minimum atomic E-state index is -0.297. The van der Waals surface area contributed by atoms with Crippen LogP contribution in [0.2, 0.25) is 0 Å². The predicted octanol–water partition coefficient (Wildman–Crippen LogP) is 4.43. The molecule has 2 heterocycles. The highest BCUT2D eigenvalue weighted by Crippen LogP contribution is 2.56. The lowest BCUT2D eigenvalue weighted by Gasteiger charge is -2.20. The van der Waals surface area contributed by atoms with E-state index < -0.39 is 0 Å². The van der Waals surface area contributed by atoms with E-state index in [0.717, 1.165) is 17.6 Å². The van der Waals surface area contributed by atoms with Crippen LogP contribution in [0, 0.1) is 36.5 Å². The van der Waals surface area contributed by atoms with Gasteiger partial charge >= 0.3 is 0 Å². The number of carbonyl (C=O) groups excluding carboxylic acids is 4. The second kappa shape index (κ2) is 9.69. The van der Waals surface area contributed by atoms with E-state index in [4.69, 9.17) is 0 Å². The maximum absolute atomic E-state index is 13.2. The molecule has 2 aliphatic carbocycles. The van der Waals surface area contributed by atoms with Gasteiger partial charge in [-0.1, -0.05) is 62.6 Å². The van der Waals surface area contributed by atoms with Crippen molar-refractivity contribution in [2.75, 3.05) is 11.9 Å². The molecule has 5 atom stereocenters. The van der Waals surface area contributed by atoms with E-state index in [-0.39, 0.29) is 59.6 Å². The minimum Gasteiger partial charge on any atom is -0.285 e. The minimum absolute atomic E-state index is 0.0479. The Hall–Kier alpha value is -3.02. The molecule has 2 aliphatic heterocycles. The molecule has 34 heavy (non-hydrogen) atoms. The van der Waals surface area contributed by atoms with Gasteiger partial charge in [0, 0.05) is 13.5 Å². The average molecular weight is 463 g/mol. The van der Waals surface area contributed by atoms with E-state index >= 15 is 0 Å². The number of amides is 4. The number of rotatable bonds is 5. The number of unbranched alkanes of at least 4 members (excludes halogenated alkanes) is 1. The van der Waals surface area contributed by atoms with Crippen LogP contribution >= 0.6 is 0 Å². The third-order valence-electron chi connectivity index (χ3n) is 7.65. The van der Waals surface area contributed by atoms with Crippen LogP contribution in [-0.4, -0.2) is 35.6 Å². The first kappa shape index (κ1) is 24.1. The molecular formula is C28H34N2O4. The van der Waals surface area contributed by atoms with Gasteiger partial charge in [0.1, 0.15) is 0 Å². The Morgan fingerprint density at radius 3 is 2.18 bits per heavy atom. The Balaban J connectivity index is 0.000000636. The summed E-state index contributed by atoms with van der Waals surface area (Å²) in [6.45, 7) is 6.34. The van der Waals surface area contributed by atoms with Crippen LogP contribution in [-0.2, 0) is 19.2 Å². The van der Waals surface area contributed by atoms with Gasteiger partial charge in [-0.2, -0.15) is 0 Å². The second-order valence-corrected chi connectivity index (χ2v) is 9.90. The van der Waals surface area contributed by atoms with Crippen LogP contribution in [0.4, 0.5) is 5.69 Å². The summed E-state index contributed by atoms with van der Waals surface area (Å²) in [5.41, 5.74) is 2.81. The number of benzene rings is 1. The summed E-state index contributed by atoms with van der Waals surface area (Å²) in [5.74, 6) is -1.16. The number of hydrogen-bond acceptors (Lipinski definition) is 4. The molecule has 2 bridgehead atoms. The zero-order chi connectivity index (χ0) is 24.6. The van der Waals surface area contributed by atoms with E-state index in [2.05, 4.69) is 19.9 Å². The number of carbonyl (C=O) groups is 4. The SMILES string of the molecule is CCCC.Cc1ccc(N2C(=O)C3C4C=C(/C=C/CC5CC(=O)N(C)C5=O)C(C4)C3C2=O)cc1. The third kappa shape index (κ3) is 4.15. The van der Waals surface area contributed by atoms with Crippen molar-refractivity contribution >= 4 is 29.3 Å². The molecule has 1 aromatic rings. The van der Waals surface area contributed by atoms with Crippen LogP contribution in [0.25, 0.3) is 0 Å². The van der Waals surface area contributed by atoms with Gasteiger partial charge in [-0.25, -0.2) is 0 Å². The molecule has 5 rings (SSSR count). The number of aryl methyl sites for hydroxylation is 1. The van der Waals surface area contributed by atoms with Crippen LogP contribution in [0.3, 0.4) is 0 Å². The molecule has 1 saturated carbocycles. The topological polar surface area (TPSA) is 74.8 Å². The molecule has 0 N–H and O–H groups in total. The molecule has 0 radical (unpaired) electrons. The first-order valence-corrected chi connectivity index (χ1v) is 12.4. The maximum Gasteiger partial charge on any atom is 0.238 e. The van der Waals surface area contributed by atoms with Crippen LogP contribution in [0.1, 0.15) is 51.5 Å². The number of likely N-dealkylation sites (tertiary alicyclic amines) is 1. The molecule has 5 unspecified atom stereocenters. The average Bonchev–Trinajstić information content (AvgIpc) is 3.54. The van der Waals surface area contributed by atoms with E-state index in [1.807, 2.05) is 43.3 Å². The van der Waals surface area contributed by atoms with Crippen molar-refractivity contribution in [2.24, 2.45) is 29.6 Å². The summed E-state index contributed by atoms with van der Waals surface area (Å²) in [6, 6.07) is 7.49. The van der Waals surface area contributed by atoms with Gasteiger partial charge in [-0.3, -0.25) is 29.0 Å². The number of nitrogens with zero attached hydrogens (tertiary/aromatic N) is 2. The maximum atomic E-state index is 13.2. The molecule has 2 saturated heterocycles. The summed E-state index contributed by atoms with van der Waals surface area (Å²) < 4.78 is 0. The third-order valence-corrected chi connectivity index (χ3v) is 7.65. The quantitative estimate of drug-likeness (QED) is 0.607. The fourth-order valence-electron chi connectivity index (χ4n) is 5.57. The number of fused-ring (bicyclic) bond motifs is 5. The van der Waals surface area contributed by atoms with Crippen LogP contribution in [0.15, 0.2) is 48.1 Å². The highest BCUT2D eigenvalue weighted by Gasteiger charge is 2.61. The lowest BCUT2D eigenvalue weighted by atomic mass is 9.81. The zero-order valence-corrected chi connectivity index (χ0v) is 20.5.